The minimum absolute atomic E-state index is 0.0918. The van der Waals surface area contributed by atoms with Gasteiger partial charge in [-0.1, -0.05) is 12.1 Å². The van der Waals surface area contributed by atoms with Crippen molar-refractivity contribution in [1.82, 2.24) is 10.3 Å². The van der Waals surface area contributed by atoms with Gasteiger partial charge in [-0.2, -0.15) is 0 Å². The zero-order chi connectivity index (χ0) is 14.4. The Morgan fingerprint density at radius 2 is 2.19 bits per heavy atom. The first-order chi connectivity index (χ1) is 10.2. The number of nitrogens with zero attached hydrogens (tertiary/aromatic N) is 2. The molecule has 1 aliphatic heterocycles. The molecule has 21 heavy (non-hydrogen) atoms. The first-order valence-corrected chi connectivity index (χ1v) is 8.12. The van der Waals surface area contributed by atoms with E-state index in [9.17, 15) is 4.79 Å². The Hall–Kier alpha value is -1.62. The van der Waals surface area contributed by atoms with Crippen LogP contribution < -0.4 is 10.2 Å². The van der Waals surface area contributed by atoms with Crippen molar-refractivity contribution in [3.8, 4) is 0 Å². The van der Waals surface area contributed by atoms with Gasteiger partial charge >= 0.3 is 0 Å². The number of rotatable bonds is 2. The highest BCUT2D eigenvalue weighted by atomic mass is 79.9. The maximum atomic E-state index is 11.7. The molecule has 0 spiro atoms. The van der Waals surface area contributed by atoms with E-state index in [1.165, 1.54) is 12.8 Å². The number of hydrogen-bond donors (Lipinski definition) is 1. The molecule has 0 unspecified atom stereocenters. The maximum Gasteiger partial charge on any atom is 0.239 e. The summed E-state index contributed by atoms with van der Waals surface area (Å²) in [5.41, 5.74) is 3.30. The summed E-state index contributed by atoms with van der Waals surface area (Å²) >= 11 is 3.61. The second kappa shape index (κ2) is 4.98. The molecule has 1 saturated carbocycles. The van der Waals surface area contributed by atoms with Gasteiger partial charge in [0.15, 0.2) is 0 Å². The third-order valence-electron chi connectivity index (χ3n) is 4.16. The van der Waals surface area contributed by atoms with E-state index in [2.05, 4.69) is 38.3 Å². The van der Waals surface area contributed by atoms with Gasteiger partial charge in [0.25, 0.3) is 0 Å². The zero-order valence-electron chi connectivity index (χ0n) is 11.6. The monoisotopic (exact) mass is 345 g/mol. The number of aromatic nitrogens is 1. The van der Waals surface area contributed by atoms with Gasteiger partial charge in [-0.3, -0.25) is 9.78 Å². The van der Waals surface area contributed by atoms with Crippen LogP contribution in [0.1, 0.15) is 24.5 Å². The Kier molecular flexibility index (Phi) is 3.10. The predicted octanol–water partition coefficient (Wildman–Crippen LogP) is 2.81. The number of pyridine rings is 1. The lowest BCUT2D eigenvalue weighted by Gasteiger charge is -2.30. The van der Waals surface area contributed by atoms with E-state index in [1.54, 1.807) is 0 Å². The van der Waals surface area contributed by atoms with Crippen molar-refractivity contribution in [2.24, 2.45) is 0 Å². The van der Waals surface area contributed by atoms with Crippen molar-refractivity contribution in [3.05, 3.63) is 34.4 Å². The normalized spacial score (nSPS) is 18.9. The van der Waals surface area contributed by atoms with Crippen molar-refractivity contribution < 1.29 is 4.79 Å². The molecule has 0 bridgehead atoms. The molecule has 5 heteroatoms. The SMILES string of the molecule is O=C1CN(c2cc(C3CC3)nc3c(Br)cccc23)CCN1. The number of fused-ring (bicyclic) bond motifs is 1. The molecule has 1 N–H and O–H groups in total. The lowest BCUT2D eigenvalue weighted by molar-refractivity contribution is -0.120. The molecule has 2 aromatic rings. The van der Waals surface area contributed by atoms with Crippen LogP contribution in [0.5, 0.6) is 0 Å². The highest BCUT2D eigenvalue weighted by molar-refractivity contribution is 9.10. The molecule has 4 nitrogen and oxygen atoms in total. The van der Waals surface area contributed by atoms with Crippen LogP contribution in [-0.4, -0.2) is 30.5 Å². The average molecular weight is 346 g/mol. The van der Waals surface area contributed by atoms with Gasteiger partial charge in [-0.25, -0.2) is 0 Å². The quantitative estimate of drug-likeness (QED) is 0.910. The summed E-state index contributed by atoms with van der Waals surface area (Å²) in [4.78, 5) is 18.7. The lowest BCUT2D eigenvalue weighted by atomic mass is 10.1. The third kappa shape index (κ3) is 2.39. The molecule has 0 atom stereocenters. The summed E-state index contributed by atoms with van der Waals surface area (Å²) in [7, 11) is 0. The summed E-state index contributed by atoms with van der Waals surface area (Å²) in [6.45, 7) is 1.98. The van der Waals surface area contributed by atoms with Crippen LogP contribution in [0.15, 0.2) is 28.7 Å². The minimum Gasteiger partial charge on any atom is -0.360 e. The number of para-hydroxylation sites is 1. The van der Waals surface area contributed by atoms with Gasteiger partial charge in [0.2, 0.25) is 5.91 Å². The van der Waals surface area contributed by atoms with Gasteiger partial charge in [-0.05, 0) is 40.9 Å². The van der Waals surface area contributed by atoms with E-state index in [4.69, 9.17) is 4.98 Å². The zero-order valence-corrected chi connectivity index (χ0v) is 13.2. The van der Waals surface area contributed by atoms with Crippen molar-refractivity contribution in [2.75, 3.05) is 24.5 Å². The Balaban J connectivity index is 1.89. The van der Waals surface area contributed by atoms with Crippen LogP contribution in [0, 0.1) is 0 Å². The summed E-state index contributed by atoms with van der Waals surface area (Å²) < 4.78 is 1.02. The Morgan fingerprint density at radius 1 is 1.33 bits per heavy atom. The summed E-state index contributed by atoms with van der Waals surface area (Å²) in [5, 5.41) is 4.00. The fraction of sp³-hybridized carbons (Fsp3) is 0.375. The Labute approximate surface area is 131 Å². The third-order valence-corrected chi connectivity index (χ3v) is 4.80. The number of piperazine rings is 1. The predicted molar refractivity (Wildman–Crippen MR) is 86.6 cm³/mol. The molecule has 1 aliphatic carbocycles. The first kappa shape index (κ1) is 13.1. The molecule has 1 saturated heterocycles. The highest BCUT2D eigenvalue weighted by Gasteiger charge is 2.28. The van der Waals surface area contributed by atoms with Crippen LogP contribution in [0.3, 0.4) is 0 Å². The van der Waals surface area contributed by atoms with Gasteiger partial charge in [0.1, 0.15) is 0 Å². The summed E-state index contributed by atoms with van der Waals surface area (Å²) in [5.74, 6) is 0.688. The molecule has 1 aromatic carbocycles. The lowest BCUT2D eigenvalue weighted by Crippen LogP contribution is -2.47. The molecule has 2 aliphatic rings. The standard InChI is InChI=1S/C16H16BrN3O/c17-12-3-1-2-11-14(20-7-6-18-15(21)9-20)8-13(10-4-5-10)19-16(11)12/h1-3,8,10H,4-7,9H2,(H,18,21). The van der Waals surface area contributed by atoms with E-state index in [-0.39, 0.29) is 5.91 Å². The number of halogens is 1. The van der Waals surface area contributed by atoms with Gasteiger partial charge in [0.05, 0.1) is 12.1 Å². The van der Waals surface area contributed by atoms with Crippen molar-refractivity contribution in [3.63, 3.8) is 0 Å². The number of carbonyl (C=O) groups excluding carboxylic acids is 1. The number of benzene rings is 1. The number of amides is 1. The van der Waals surface area contributed by atoms with Crippen LogP contribution >= 0.6 is 15.9 Å². The Morgan fingerprint density at radius 3 is 2.95 bits per heavy atom. The molecule has 2 heterocycles. The van der Waals surface area contributed by atoms with Gasteiger partial charge in [-0.15, -0.1) is 0 Å². The van der Waals surface area contributed by atoms with Crippen LogP contribution in [0.4, 0.5) is 5.69 Å². The second-order valence-electron chi connectivity index (χ2n) is 5.75. The van der Waals surface area contributed by atoms with Crippen LogP contribution in [0.2, 0.25) is 0 Å². The van der Waals surface area contributed by atoms with E-state index in [1.807, 2.05) is 12.1 Å². The highest BCUT2D eigenvalue weighted by Crippen LogP contribution is 2.42. The van der Waals surface area contributed by atoms with Gasteiger partial charge < -0.3 is 10.2 Å². The molecule has 4 rings (SSSR count). The summed E-state index contributed by atoms with van der Waals surface area (Å²) in [6, 6.07) is 8.33. The molecule has 2 fully saturated rings. The topological polar surface area (TPSA) is 45.2 Å². The molecule has 108 valence electrons. The summed E-state index contributed by atoms with van der Waals surface area (Å²) in [6.07, 6.45) is 2.45. The first-order valence-electron chi connectivity index (χ1n) is 7.33. The smallest absolute Gasteiger partial charge is 0.239 e. The largest absolute Gasteiger partial charge is 0.360 e. The fourth-order valence-corrected chi connectivity index (χ4v) is 3.36. The molecule has 1 aromatic heterocycles. The minimum atomic E-state index is 0.0918. The van der Waals surface area contributed by atoms with Crippen molar-refractivity contribution in [1.29, 1.82) is 0 Å². The van der Waals surface area contributed by atoms with E-state index in [0.717, 1.165) is 33.3 Å². The number of nitrogens with one attached hydrogen (secondary N) is 1. The molecule has 0 radical (unpaired) electrons. The van der Waals surface area contributed by atoms with Crippen molar-refractivity contribution >= 4 is 38.4 Å². The maximum absolute atomic E-state index is 11.7. The Bertz CT molecular complexity index is 727. The van der Waals surface area contributed by atoms with Crippen molar-refractivity contribution in [2.45, 2.75) is 18.8 Å². The number of hydrogen-bond acceptors (Lipinski definition) is 3. The number of carbonyl (C=O) groups is 1. The van der Waals surface area contributed by atoms with Gasteiger partial charge in [0, 0.05) is 40.2 Å². The molecular weight excluding hydrogens is 330 g/mol. The molecule has 1 amide bonds. The average Bonchev–Trinajstić information content (AvgIpc) is 3.31. The second-order valence-corrected chi connectivity index (χ2v) is 6.60. The van der Waals surface area contributed by atoms with Crippen LogP contribution in [0.25, 0.3) is 10.9 Å². The van der Waals surface area contributed by atoms with E-state index in [0.29, 0.717) is 19.0 Å². The van der Waals surface area contributed by atoms with E-state index < -0.39 is 0 Å². The van der Waals surface area contributed by atoms with E-state index >= 15 is 0 Å². The fourth-order valence-electron chi connectivity index (χ4n) is 2.91. The van der Waals surface area contributed by atoms with Crippen LogP contribution in [-0.2, 0) is 4.79 Å². The number of anilines is 1. The molecular formula is C16H16BrN3O.